The van der Waals surface area contributed by atoms with E-state index in [0.29, 0.717) is 22.6 Å². The maximum Gasteiger partial charge on any atom is 0.416 e. The Morgan fingerprint density at radius 1 is 1.00 bits per heavy atom. The Morgan fingerprint density at radius 3 is 2.58 bits per heavy atom. The molecule has 5 rings (SSSR count). The van der Waals surface area contributed by atoms with Gasteiger partial charge in [-0.3, -0.25) is 9.78 Å². The third-order valence-electron chi connectivity index (χ3n) is 5.42. The molecule has 3 aromatic heterocycles. The molecule has 2 N–H and O–H groups in total. The molecule has 1 amide bonds. The van der Waals surface area contributed by atoms with Gasteiger partial charge in [0.25, 0.3) is 5.91 Å². The molecule has 0 fully saturated rings. The van der Waals surface area contributed by atoms with Crippen molar-refractivity contribution >= 4 is 22.6 Å². The number of hydrogen-bond donors (Lipinski definition) is 2. The quantitative estimate of drug-likeness (QED) is 0.298. The molecule has 0 aliphatic rings. The van der Waals surface area contributed by atoms with Crippen molar-refractivity contribution in [3.63, 3.8) is 0 Å². The van der Waals surface area contributed by atoms with E-state index in [4.69, 9.17) is 4.74 Å². The summed E-state index contributed by atoms with van der Waals surface area (Å²) in [5, 5.41) is 2.51. The first-order chi connectivity index (χ1) is 17.3. The summed E-state index contributed by atoms with van der Waals surface area (Å²) >= 11 is 0. The highest BCUT2D eigenvalue weighted by Gasteiger charge is 2.30. The number of benzene rings is 2. The van der Waals surface area contributed by atoms with Crippen molar-refractivity contribution in [2.24, 2.45) is 0 Å². The second kappa shape index (κ2) is 9.14. The second-order valence-corrected chi connectivity index (χ2v) is 7.94. The van der Waals surface area contributed by atoms with Crippen LogP contribution in [0.3, 0.4) is 0 Å². The Labute approximate surface area is 203 Å². The lowest BCUT2D eigenvalue weighted by Gasteiger charge is -2.13. The molecule has 10 heteroatoms. The molecular formula is C26H18F3N5O2. The number of aromatic nitrogens is 4. The lowest BCUT2D eigenvalue weighted by molar-refractivity contribution is -0.137. The number of anilines is 1. The van der Waals surface area contributed by atoms with E-state index >= 15 is 0 Å². The van der Waals surface area contributed by atoms with E-state index in [-0.39, 0.29) is 17.1 Å². The number of aryl methyl sites for hydroxylation is 1. The van der Waals surface area contributed by atoms with E-state index in [2.05, 4.69) is 25.3 Å². The van der Waals surface area contributed by atoms with Crippen LogP contribution in [0.4, 0.5) is 18.9 Å². The Hall–Kier alpha value is -4.73. The number of hydrogen-bond acceptors (Lipinski definition) is 5. The number of nitrogens with one attached hydrogen (secondary N) is 2. The van der Waals surface area contributed by atoms with Crippen LogP contribution in [0.15, 0.2) is 79.3 Å². The highest BCUT2D eigenvalue weighted by molar-refractivity contribution is 6.04. The van der Waals surface area contributed by atoms with Crippen LogP contribution in [0.5, 0.6) is 11.6 Å². The predicted octanol–water partition coefficient (Wildman–Crippen LogP) is 6.39. The van der Waals surface area contributed by atoms with Crippen molar-refractivity contribution in [3.8, 4) is 23.0 Å². The van der Waals surface area contributed by atoms with Gasteiger partial charge in [0.05, 0.1) is 11.1 Å². The molecule has 0 spiro atoms. The number of aromatic amines is 1. The lowest BCUT2D eigenvalue weighted by atomic mass is 10.1. The monoisotopic (exact) mass is 489 g/mol. The van der Waals surface area contributed by atoms with Crippen molar-refractivity contribution < 1.29 is 22.7 Å². The van der Waals surface area contributed by atoms with Crippen LogP contribution in [-0.2, 0) is 6.18 Å². The summed E-state index contributed by atoms with van der Waals surface area (Å²) in [5.74, 6) is 0.484. The molecule has 0 saturated heterocycles. The SMILES string of the molecule is Cc1ccc(C(=O)Nc2cccc(C(F)(F)F)c2)cc1Oc1nc(-c2ccncc2)nc2cc[nH]c12. The minimum atomic E-state index is -4.51. The predicted molar refractivity (Wildman–Crippen MR) is 128 cm³/mol. The van der Waals surface area contributed by atoms with Gasteiger partial charge in [-0.1, -0.05) is 12.1 Å². The molecule has 36 heavy (non-hydrogen) atoms. The third-order valence-corrected chi connectivity index (χ3v) is 5.42. The van der Waals surface area contributed by atoms with Gasteiger partial charge in [-0.2, -0.15) is 18.2 Å². The van der Waals surface area contributed by atoms with E-state index in [1.807, 2.05) is 0 Å². The maximum absolute atomic E-state index is 13.0. The number of halogens is 3. The Kier molecular flexibility index (Phi) is 5.85. The highest BCUT2D eigenvalue weighted by Crippen LogP contribution is 2.33. The Morgan fingerprint density at radius 2 is 1.81 bits per heavy atom. The molecule has 7 nitrogen and oxygen atoms in total. The fourth-order valence-electron chi connectivity index (χ4n) is 3.55. The summed E-state index contributed by atoms with van der Waals surface area (Å²) in [6.45, 7) is 1.81. The minimum absolute atomic E-state index is 0.0313. The fourth-order valence-corrected chi connectivity index (χ4v) is 3.55. The summed E-state index contributed by atoms with van der Waals surface area (Å²) in [6.07, 6.45) is 0.476. The first kappa shape index (κ1) is 23.0. The fraction of sp³-hybridized carbons (Fsp3) is 0.0769. The van der Waals surface area contributed by atoms with Crippen molar-refractivity contribution in [1.82, 2.24) is 19.9 Å². The lowest BCUT2D eigenvalue weighted by Crippen LogP contribution is -2.13. The first-order valence-corrected chi connectivity index (χ1v) is 10.8. The average Bonchev–Trinajstić information content (AvgIpc) is 3.35. The Bertz CT molecular complexity index is 1570. The van der Waals surface area contributed by atoms with Crippen LogP contribution >= 0.6 is 0 Å². The van der Waals surface area contributed by atoms with Crippen LogP contribution in [0.2, 0.25) is 0 Å². The number of ether oxygens (including phenoxy) is 1. The normalized spacial score (nSPS) is 11.4. The van der Waals surface area contributed by atoms with Gasteiger partial charge in [0.2, 0.25) is 5.88 Å². The molecule has 0 aliphatic carbocycles. The summed E-state index contributed by atoms with van der Waals surface area (Å²) in [6, 6.07) is 14.6. The molecule has 3 heterocycles. The molecule has 0 radical (unpaired) electrons. The summed E-state index contributed by atoms with van der Waals surface area (Å²) in [5.41, 5.74) is 2.09. The van der Waals surface area contributed by atoms with Crippen molar-refractivity contribution in [1.29, 1.82) is 0 Å². The van der Waals surface area contributed by atoms with E-state index in [0.717, 1.165) is 23.3 Å². The number of carbonyl (C=O) groups is 1. The molecule has 2 aromatic carbocycles. The number of nitrogens with zero attached hydrogens (tertiary/aromatic N) is 3. The minimum Gasteiger partial charge on any atom is -0.437 e. The van der Waals surface area contributed by atoms with Gasteiger partial charge < -0.3 is 15.0 Å². The van der Waals surface area contributed by atoms with Gasteiger partial charge in [-0.05, 0) is 61.0 Å². The summed E-state index contributed by atoms with van der Waals surface area (Å²) in [4.78, 5) is 29.0. The number of alkyl halides is 3. The topological polar surface area (TPSA) is 92.8 Å². The zero-order chi connectivity index (χ0) is 25.3. The molecule has 0 atom stereocenters. The van der Waals surface area contributed by atoms with Gasteiger partial charge in [-0.15, -0.1) is 0 Å². The van der Waals surface area contributed by atoms with Crippen molar-refractivity contribution in [2.45, 2.75) is 13.1 Å². The van der Waals surface area contributed by atoms with Crippen LogP contribution in [0.25, 0.3) is 22.4 Å². The molecule has 0 bridgehead atoms. The largest absolute Gasteiger partial charge is 0.437 e. The number of H-pyrrole nitrogens is 1. The smallest absolute Gasteiger partial charge is 0.416 e. The molecule has 180 valence electrons. The summed E-state index contributed by atoms with van der Waals surface area (Å²) < 4.78 is 45.2. The van der Waals surface area contributed by atoms with Crippen LogP contribution in [-0.4, -0.2) is 25.8 Å². The molecule has 0 saturated carbocycles. The number of rotatable bonds is 5. The zero-order valence-electron chi connectivity index (χ0n) is 18.8. The summed E-state index contributed by atoms with van der Waals surface area (Å²) in [7, 11) is 0. The van der Waals surface area contributed by atoms with E-state index < -0.39 is 17.6 Å². The molecule has 0 unspecified atom stereocenters. The number of pyridine rings is 1. The van der Waals surface area contributed by atoms with E-state index in [1.54, 1.807) is 55.8 Å². The first-order valence-electron chi connectivity index (χ1n) is 10.8. The van der Waals surface area contributed by atoms with Gasteiger partial charge in [0, 0.05) is 35.4 Å². The van der Waals surface area contributed by atoms with Gasteiger partial charge in [0.15, 0.2) is 5.82 Å². The number of fused-ring (bicyclic) bond motifs is 1. The average molecular weight is 489 g/mol. The van der Waals surface area contributed by atoms with E-state index in [1.165, 1.54) is 18.2 Å². The van der Waals surface area contributed by atoms with Gasteiger partial charge in [0.1, 0.15) is 11.3 Å². The standard InChI is InChI=1S/C26H18F3N5O2/c1-15-5-6-17(24(35)32-19-4-2-3-18(14-19)26(27,28)29)13-21(15)36-25-22-20(9-12-31-22)33-23(34-25)16-7-10-30-11-8-16/h2-14,31H,1H3,(H,32,35). The molecular weight excluding hydrogens is 471 g/mol. The van der Waals surface area contributed by atoms with Gasteiger partial charge in [-0.25, -0.2) is 4.98 Å². The van der Waals surface area contributed by atoms with Crippen molar-refractivity contribution in [3.05, 3.63) is 95.9 Å². The molecule has 5 aromatic rings. The highest BCUT2D eigenvalue weighted by atomic mass is 19.4. The number of carbonyl (C=O) groups excluding carboxylic acids is 1. The van der Waals surface area contributed by atoms with Crippen molar-refractivity contribution in [2.75, 3.05) is 5.32 Å². The second-order valence-electron chi connectivity index (χ2n) is 7.94. The maximum atomic E-state index is 13.0. The van der Waals surface area contributed by atoms with Crippen LogP contribution in [0, 0.1) is 6.92 Å². The molecule has 0 aliphatic heterocycles. The van der Waals surface area contributed by atoms with Crippen LogP contribution < -0.4 is 10.1 Å². The number of amides is 1. The van der Waals surface area contributed by atoms with Gasteiger partial charge >= 0.3 is 6.18 Å². The zero-order valence-corrected chi connectivity index (χ0v) is 18.8. The van der Waals surface area contributed by atoms with E-state index in [9.17, 15) is 18.0 Å². The Balaban J connectivity index is 1.45. The third kappa shape index (κ3) is 4.74. The van der Waals surface area contributed by atoms with Crippen LogP contribution in [0.1, 0.15) is 21.5 Å².